The summed E-state index contributed by atoms with van der Waals surface area (Å²) in [5, 5.41) is 10.00. The molecule has 0 radical (unpaired) electrons. The smallest absolute Gasteiger partial charge is 0.0753 e. The van der Waals surface area contributed by atoms with Crippen LogP contribution in [0.25, 0.3) is 0 Å². The van der Waals surface area contributed by atoms with Gasteiger partial charge in [0.1, 0.15) is 0 Å². The lowest BCUT2D eigenvalue weighted by molar-refractivity contribution is 0.0147. The summed E-state index contributed by atoms with van der Waals surface area (Å²) in [5.41, 5.74) is 4.91. The fourth-order valence-electron chi connectivity index (χ4n) is 3.49. The third kappa shape index (κ3) is 3.43. The summed E-state index contributed by atoms with van der Waals surface area (Å²) in [7, 11) is 0. The molecule has 0 spiro atoms. The van der Waals surface area contributed by atoms with Crippen molar-refractivity contribution in [3.63, 3.8) is 0 Å². The maximum Gasteiger partial charge on any atom is 0.0753 e. The first-order chi connectivity index (χ1) is 8.12. The normalized spacial score (nSPS) is 34.1. The Kier molecular flexibility index (Phi) is 4.45. The van der Waals surface area contributed by atoms with Gasteiger partial charge in [0.25, 0.3) is 0 Å². The van der Waals surface area contributed by atoms with Crippen molar-refractivity contribution in [1.82, 2.24) is 4.90 Å². The monoisotopic (exact) mass is 240 g/mol. The molecule has 1 saturated heterocycles. The zero-order valence-corrected chi connectivity index (χ0v) is 11.2. The number of hydrogen-bond acceptors (Lipinski definition) is 3. The van der Waals surface area contributed by atoms with E-state index in [1.54, 1.807) is 0 Å². The third-order valence-electron chi connectivity index (χ3n) is 4.74. The van der Waals surface area contributed by atoms with Crippen molar-refractivity contribution in [2.24, 2.45) is 11.7 Å². The minimum Gasteiger partial charge on any atom is -0.389 e. The second-order valence-electron chi connectivity index (χ2n) is 6.24. The van der Waals surface area contributed by atoms with Crippen molar-refractivity contribution in [2.75, 3.05) is 19.6 Å². The molecule has 2 rings (SSSR count). The predicted octanol–water partition coefficient (Wildman–Crippen LogP) is 1.74. The van der Waals surface area contributed by atoms with E-state index in [0.29, 0.717) is 6.54 Å². The molecule has 0 aromatic heterocycles. The predicted molar refractivity (Wildman–Crippen MR) is 70.8 cm³/mol. The van der Waals surface area contributed by atoms with Gasteiger partial charge >= 0.3 is 0 Å². The van der Waals surface area contributed by atoms with Gasteiger partial charge in [-0.05, 0) is 51.5 Å². The van der Waals surface area contributed by atoms with Gasteiger partial charge in [-0.1, -0.05) is 12.8 Å². The Hall–Kier alpha value is -0.120. The van der Waals surface area contributed by atoms with Crippen LogP contribution in [-0.2, 0) is 0 Å². The summed E-state index contributed by atoms with van der Waals surface area (Å²) >= 11 is 0. The fraction of sp³-hybridized carbons (Fsp3) is 1.00. The summed E-state index contributed by atoms with van der Waals surface area (Å²) in [6.45, 7) is 4.47. The summed E-state index contributed by atoms with van der Waals surface area (Å²) in [6.07, 6.45) is 9.19. The van der Waals surface area contributed by atoms with Gasteiger partial charge in [-0.25, -0.2) is 0 Å². The molecule has 0 amide bonds. The van der Waals surface area contributed by atoms with Gasteiger partial charge in [-0.15, -0.1) is 0 Å². The van der Waals surface area contributed by atoms with Gasteiger partial charge in [0.05, 0.1) is 5.60 Å². The quantitative estimate of drug-likeness (QED) is 0.787. The lowest BCUT2D eigenvalue weighted by Gasteiger charge is -2.45. The number of fused-ring (bicyclic) bond motifs is 1. The Balaban J connectivity index is 1.86. The Morgan fingerprint density at radius 3 is 2.71 bits per heavy atom. The first-order valence-electron chi connectivity index (χ1n) is 7.29. The van der Waals surface area contributed by atoms with E-state index in [4.69, 9.17) is 5.73 Å². The van der Waals surface area contributed by atoms with Gasteiger partial charge in [-0.2, -0.15) is 0 Å². The molecule has 0 aromatic carbocycles. The second kappa shape index (κ2) is 5.68. The van der Waals surface area contributed by atoms with Crippen molar-refractivity contribution >= 4 is 0 Å². The van der Waals surface area contributed by atoms with E-state index >= 15 is 0 Å². The maximum absolute atomic E-state index is 10.00. The Morgan fingerprint density at radius 1 is 1.24 bits per heavy atom. The summed E-state index contributed by atoms with van der Waals surface area (Å²) < 4.78 is 0. The highest BCUT2D eigenvalue weighted by molar-refractivity contribution is 4.88. The molecule has 1 heterocycles. The number of hydrogen-bond donors (Lipinski definition) is 2. The van der Waals surface area contributed by atoms with Crippen LogP contribution in [0.3, 0.4) is 0 Å². The van der Waals surface area contributed by atoms with Crippen molar-refractivity contribution in [2.45, 2.75) is 63.5 Å². The van der Waals surface area contributed by atoms with E-state index < -0.39 is 5.60 Å². The highest BCUT2D eigenvalue weighted by atomic mass is 16.3. The van der Waals surface area contributed by atoms with Crippen LogP contribution in [0.5, 0.6) is 0 Å². The van der Waals surface area contributed by atoms with E-state index in [-0.39, 0.29) is 0 Å². The Bertz CT molecular complexity index is 240. The summed E-state index contributed by atoms with van der Waals surface area (Å²) in [5.74, 6) is 0.931. The first-order valence-corrected chi connectivity index (χ1v) is 7.29. The van der Waals surface area contributed by atoms with E-state index in [0.717, 1.165) is 24.9 Å². The maximum atomic E-state index is 10.00. The number of aliphatic hydroxyl groups is 1. The SMILES string of the molecule is CC(O)(CN)CCN1CCC[C@H]2CCCC[C@H]21. The van der Waals surface area contributed by atoms with Crippen LogP contribution in [-0.4, -0.2) is 41.3 Å². The minimum atomic E-state index is -0.679. The average Bonchev–Trinajstić information content (AvgIpc) is 2.36. The molecule has 1 aliphatic heterocycles. The van der Waals surface area contributed by atoms with Gasteiger partial charge in [-0.3, -0.25) is 0 Å². The van der Waals surface area contributed by atoms with Gasteiger partial charge in [0.15, 0.2) is 0 Å². The highest BCUT2D eigenvalue weighted by Gasteiger charge is 2.33. The standard InChI is InChI=1S/C14H28N2O/c1-14(17,11-15)8-10-16-9-4-6-12-5-2-3-7-13(12)16/h12-13,17H,2-11,15H2,1H3/t12-,13-,14?/m1/s1. The Morgan fingerprint density at radius 2 is 1.94 bits per heavy atom. The minimum absolute atomic E-state index is 0.370. The molecule has 100 valence electrons. The molecule has 3 heteroatoms. The van der Waals surface area contributed by atoms with Gasteiger partial charge in [0, 0.05) is 19.1 Å². The number of likely N-dealkylation sites (tertiary alicyclic amines) is 1. The topological polar surface area (TPSA) is 49.5 Å². The van der Waals surface area contributed by atoms with Gasteiger partial charge < -0.3 is 15.7 Å². The van der Waals surface area contributed by atoms with E-state index in [1.165, 1.54) is 45.1 Å². The number of nitrogens with zero attached hydrogens (tertiary/aromatic N) is 1. The average molecular weight is 240 g/mol. The number of rotatable bonds is 4. The van der Waals surface area contributed by atoms with E-state index in [1.807, 2.05) is 6.92 Å². The first kappa shape index (κ1) is 13.3. The van der Waals surface area contributed by atoms with E-state index in [9.17, 15) is 5.11 Å². The zero-order chi connectivity index (χ0) is 12.3. The fourth-order valence-corrected chi connectivity index (χ4v) is 3.49. The van der Waals surface area contributed by atoms with E-state index in [2.05, 4.69) is 4.90 Å². The van der Waals surface area contributed by atoms with Crippen molar-refractivity contribution in [3.8, 4) is 0 Å². The molecule has 1 aliphatic carbocycles. The summed E-state index contributed by atoms with van der Waals surface area (Å²) in [6, 6.07) is 0.797. The molecule has 3 nitrogen and oxygen atoms in total. The van der Waals surface area contributed by atoms with Crippen LogP contribution in [0.4, 0.5) is 0 Å². The number of piperidine rings is 1. The van der Waals surface area contributed by atoms with Crippen LogP contribution >= 0.6 is 0 Å². The molecular weight excluding hydrogens is 212 g/mol. The van der Waals surface area contributed by atoms with Crippen molar-refractivity contribution in [3.05, 3.63) is 0 Å². The van der Waals surface area contributed by atoms with Crippen molar-refractivity contribution in [1.29, 1.82) is 0 Å². The van der Waals surface area contributed by atoms with Crippen molar-refractivity contribution < 1.29 is 5.11 Å². The lowest BCUT2D eigenvalue weighted by atomic mass is 9.78. The second-order valence-corrected chi connectivity index (χ2v) is 6.24. The van der Waals surface area contributed by atoms with Crippen LogP contribution < -0.4 is 5.73 Å². The lowest BCUT2D eigenvalue weighted by Crippen LogP contribution is -2.49. The molecule has 0 bridgehead atoms. The van der Waals surface area contributed by atoms with Crippen LogP contribution in [0.1, 0.15) is 51.9 Å². The largest absolute Gasteiger partial charge is 0.389 e. The highest BCUT2D eigenvalue weighted by Crippen LogP contribution is 2.35. The van der Waals surface area contributed by atoms with Crippen LogP contribution in [0.2, 0.25) is 0 Å². The molecule has 0 aromatic rings. The zero-order valence-electron chi connectivity index (χ0n) is 11.2. The molecule has 3 N–H and O–H groups in total. The molecule has 2 fully saturated rings. The van der Waals surface area contributed by atoms with Crippen LogP contribution in [0.15, 0.2) is 0 Å². The van der Waals surface area contributed by atoms with Crippen LogP contribution in [0, 0.1) is 5.92 Å². The van der Waals surface area contributed by atoms with Gasteiger partial charge in [0.2, 0.25) is 0 Å². The molecule has 1 unspecified atom stereocenters. The Labute approximate surface area is 105 Å². The number of nitrogens with two attached hydrogens (primary N) is 1. The third-order valence-corrected chi connectivity index (χ3v) is 4.74. The molecule has 2 aliphatic rings. The molecule has 3 atom stereocenters. The summed E-state index contributed by atoms with van der Waals surface area (Å²) in [4.78, 5) is 2.62. The molecule has 17 heavy (non-hydrogen) atoms. The molecular formula is C14H28N2O. The molecule has 1 saturated carbocycles.